The minimum Gasteiger partial charge on any atom is -0.263 e. The van der Waals surface area contributed by atoms with E-state index in [1.54, 1.807) is 0 Å². The highest BCUT2D eigenvalue weighted by molar-refractivity contribution is 5.87. The summed E-state index contributed by atoms with van der Waals surface area (Å²) < 4.78 is 80.2. The highest BCUT2D eigenvalue weighted by Gasteiger charge is 2.38. The second-order valence-electron chi connectivity index (χ2n) is 5.93. The average molecular weight is 412 g/mol. The van der Waals surface area contributed by atoms with Crippen LogP contribution in [0.2, 0.25) is 0 Å². The Morgan fingerprint density at radius 2 is 1.07 bits per heavy atom. The molecule has 0 spiro atoms. The minimum atomic E-state index is -4.83. The van der Waals surface area contributed by atoms with Gasteiger partial charge < -0.3 is 0 Å². The lowest BCUT2D eigenvalue weighted by atomic mass is 9.93. The maximum atomic E-state index is 13.4. The van der Waals surface area contributed by atoms with Gasteiger partial charge in [0.1, 0.15) is 0 Å². The molecule has 0 aliphatic heterocycles. The summed E-state index contributed by atoms with van der Waals surface area (Å²) in [6.07, 6.45) is -7.99. The monoisotopic (exact) mass is 412 g/mol. The van der Waals surface area contributed by atoms with E-state index < -0.39 is 56.3 Å². The van der Waals surface area contributed by atoms with E-state index in [0.29, 0.717) is 0 Å². The van der Waals surface area contributed by atoms with Crippen LogP contribution in [0.3, 0.4) is 0 Å². The normalized spacial score (nSPS) is 12.1. The smallest absolute Gasteiger partial charge is 0.263 e. The molecule has 0 N–H and O–H groups in total. The molecule has 3 aromatic rings. The van der Waals surface area contributed by atoms with E-state index in [1.807, 2.05) is 0 Å². The van der Waals surface area contributed by atoms with Crippen molar-refractivity contribution in [1.29, 1.82) is 0 Å². The van der Waals surface area contributed by atoms with Gasteiger partial charge in [-0.15, -0.1) is 0 Å². The third-order valence-corrected chi connectivity index (χ3v) is 4.15. The summed E-state index contributed by atoms with van der Waals surface area (Å²) in [6, 6.07) is 8.17. The fraction of sp³-hybridized carbons (Fsp3) is 0.105. The van der Waals surface area contributed by atoms with Crippen LogP contribution in [0.4, 0.5) is 32.0 Å². The second-order valence-corrected chi connectivity index (χ2v) is 5.93. The number of nitro groups is 1. The van der Waals surface area contributed by atoms with Crippen molar-refractivity contribution in [2.24, 2.45) is 0 Å². The third-order valence-electron chi connectivity index (χ3n) is 4.15. The van der Waals surface area contributed by atoms with Gasteiger partial charge in [0.05, 0.1) is 27.2 Å². The Balaban J connectivity index is 2.37. The highest BCUT2D eigenvalue weighted by Crippen LogP contribution is 2.45. The number of hydrogen-bond acceptors (Lipinski definition) is 3. The molecule has 1 heterocycles. The van der Waals surface area contributed by atoms with Crippen LogP contribution < -0.4 is 0 Å². The van der Waals surface area contributed by atoms with E-state index in [9.17, 15) is 36.5 Å². The lowest BCUT2D eigenvalue weighted by Gasteiger charge is -2.16. The van der Waals surface area contributed by atoms with Crippen LogP contribution in [-0.2, 0) is 12.4 Å². The first-order valence-electron chi connectivity index (χ1n) is 7.97. The number of rotatable bonds is 3. The maximum absolute atomic E-state index is 13.4. The molecule has 0 saturated heterocycles. The summed E-state index contributed by atoms with van der Waals surface area (Å²) in [5.41, 5.74) is -5.38. The number of hydrogen-bond donors (Lipinski definition) is 0. The largest absolute Gasteiger partial charge is 0.417 e. The maximum Gasteiger partial charge on any atom is 0.417 e. The number of pyridine rings is 1. The fourth-order valence-corrected chi connectivity index (χ4v) is 2.97. The van der Waals surface area contributed by atoms with Crippen molar-refractivity contribution in [3.05, 3.63) is 82.2 Å². The van der Waals surface area contributed by atoms with E-state index in [4.69, 9.17) is 0 Å². The lowest BCUT2D eigenvalue weighted by molar-refractivity contribution is -0.383. The van der Waals surface area contributed by atoms with Gasteiger partial charge in [-0.2, -0.15) is 26.3 Å². The first-order chi connectivity index (χ1) is 13.5. The average Bonchev–Trinajstić information content (AvgIpc) is 2.66. The highest BCUT2D eigenvalue weighted by atomic mass is 19.4. The number of benzene rings is 2. The Kier molecular flexibility index (Phi) is 5.04. The van der Waals surface area contributed by atoms with Gasteiger partial charge in [-0.05, 0) is 12.1 Å². The molecule has 150 valence electrons. The Hall–Kier alpha value is -3.43. The number of nitrogens with zero attached hydrogens (tertiary/aromatic N) is 2. The van der Waals surface area contributed by atoms with Crippen molar-refractivity contribution in [3.63, 3.8) is 0 Å². The van der Waals surface area contributed by atoms with Gasteiger partial charge in [-0.3, -0.25) is 15.1 Å². The molecular formula is C19H10F6N2O2. The summed E-state index contributed by atoms with van der Waals surface area (Å²) in [4.78, 5) is 14.4. The van der Waals surface area contributed by atoms with Gasteiger partial charge in [0.25, 0.3) is 5.69 Å². The summed E-state index contributed by atoms with van der Waals surface area (Å²) in [6.45, 7) is 0. The Morgan fingerprint density at radius 3 is 1.41 bits per heavy atom. The molecule has 0 atom stereocenters. The van der Waals surface area contributed by atoms with Crippen LogP contribution in [0.15, 0.2) is 60.9 Å². The van der Waals surface area contributed by atoms with Crippen molar-refractivity contribution >= 4 is 5.69 Å². The molecule has 2 aromatic carbocycles. The minimum absolute atomic E-state index is 0.530. The summed E-state index contributed by atoms with van der Waals surface area (Å²) in [7, 11) is 0. The quantitative estimate of drug-likeness (QED) is 0.286. The molecule has 1 aromatic heterocycles. The Labute approximate surface area is 159 Å². The predicted octanol–water partition coefficient (Wildman–Crippen LogP) is 6.36. The van der Waals surface area contributed by atoms with Crippen molar-refractivity contribution < 1.29 is 31.3 Å². The standard InChI is InChI=1S/C19H10F6N2O2/c20-18(21,22)15-7-3-1-5-11(15)13-9-26-10-14(17(13)27(28)29)12-6-2-4-8-16(12)19(23,24)25/h1-10H. The molecule has 3 rings (SSSR count). The van der Waals surface area contributed by atoms with E-state index in [0.717, 1.165) is 48.8 Å². The molecule has 4 nitrogen and oxygen atoms in total. The zero-order chi connectivity index (χ0) is 21.4. The van der Waals surface area contributed by atoms with Crippen LogP contribution in [0.25, 0.3) is 22.3 Å². The van der Waals surface area contributed by atoms with E-state index in [2.05, 4.69) is 4.98 Å². The molecule has 0 aliphatic rings. The Bertz CT molecular complexity index is 1000. The van der Waals surface area contributed by atoms with E-state index in [1.165, 1.54) is 12.1 Å². The van der Waals surface area contributed by atoms with Gasteiger partial charge in [0.2, 0.25) is 0 Å². The summed E-state index contributed by atoms with van der Waals surface area (Å²) >= 11 is 0. The predicted molar refractivity (Wildman–Crippen MR) is 91.8 cm³/mol. The molecule has 0 aliphatic carbocycles. The lowest BCUT2D eigenvalue weighted by Crippen LogP contribution is -2.09. The van der Waals surface area contributed by atoms with Gasteiger partial charge in [0.15, 0.2) is 0 Å². The fourth-order valence-electron chi connectivity index (χ4n) is 2.97. The molecule has 29 heavy (non-hydrogen) atoms. The molecule has 0 bridgehead atoms. The van der Waals surface area contributed by atoms with E-state index >= 15 is 0 Å². The van der Waals surface area contributed by atoms with Crippen molar-refractivity contribution in [2.75, 3.05) is 0 Å². The first-order valence-corrected chi connectivity index (χ1v) is 7.97. The first kappa shape index (κ1) is 20.3. The van der Waals surface area contributed by atoms with Crippen LogP contribution in [0, 0.1) is 10.1 Å². The molecule has 0 fully saturated rings. The van der Waals surface area contributed by atoms with Crippen molar-refractivity contribution in [2.45, 2.75) is 12.4 Å². The molecule has 0 radical (unpaired) electrons. The van der Waals surface area contributed by atoms with Gasteiger partial charge in [-0.1, -0.05) is 36.4 Å². The van der Waals surface area contributed by atoms with Gasteiger partial charge in [-0.25, -0.2) is 0 Å². The molecule has 10 heteroatoms. The molecular weight excluding hydrogens is 402 g/mol. The van der Waals surface area contributed by atoms with Crippen LogP contribution >= 0.6 is 0 Å². The number of halogens is 6. The van der Waals surface area contributed by atoms with Gasteiger partial charge in [0, 0.05) is 23.5 Å². The van der Waals surface area contributed by atoms with Crippen LogP contribution in [0.5, 0.6) is 0 Å². The van der Waals surface area contributed by atoms with Crippen LogP contribution in [0.1, 0.15) is 11.1 Å². The molecule has 0 saturated carbocycles. The van der Waals surface area contributed by atoms with Gasteiger partial charge >= 0.3 is 12.4 Å². The van der Waals surface area contributed by atoms with Crippen molar-refractivity contribution in [1.82, 2.24) is 4.98 Å². The third kappa shape index (κ3) is 3.91. The topological polar surface area (TPSA) is 56.0 Å². The molecule has 0 amide bonds. The summed E-state index contributed by atoms with van der Waals surface area (Å²) in [5.74, 6) is 0. The second kappa shape index (κ2) is 7.19. The van der Waals surface area contributed by atoms with Crippen molar-refractivity contribution in [3.8, 4) is 22.3 Å². The van der Waals surface area contributed by atoms with E-state index in [-0.39, 0.29) is 0 Å². The summed E-state index contributed by atoms with van der Waals surface area (Å²) in [5, 5.41) is 11.7. The molecule has 0 unspecified atom stereocenters. The Morgan fingerprint density at radius 1 is 0.690 bits per heavy atom. The number of alkyl halides is 6. The number of aromatic nitrogens is 1. The van der Waals surface area contributed by atoms with Crippen LogP contribution in [-0.4, -0.2) is 9.91 Å². The SMILES string of the molecule is O=[N+]([O-])c1c(-c2ccccc2C(F)(F)F)cncc1-c1ccccc1C(F)(F)F. The zero-order valence-electron chi connectivity index (χ0n) is 14.3. The zero-order valence-corrected chi connectivity index (χ0v) is 14.3.